The standard InChI is InChI=1S/C22H38N4O3/c1-8-23-19(25-15-22(5,6)16-27)24-13-17-9-11-18(12-10-17)14-26(7)20(28)29-21(2,3)4/h9-12,27H,8,13-16H2,1-7H3,(H2,23,24,25). The molecule has 0 aliphatic heterocycles. The van der Waals surface area contributed by atoms with E-state index in [1.165, 1.54) is 0 Å². The van der Waals surface area contributed by atoms with Crippen LogP contribution >= 0.6 is 0 Å². The Hall–Kier alpha value is -2.28. The summed E-state index contributed by atoms with van der Waals surface area (Å²) in [6, 6.07) is 8.04. The van der Waals surface area contributed by atoms with E-state index >= 15 is 0 Å². The molecule has 164 valence electrons. The maximum atomic E-state index is 12.1. The fourth-order valence-corrected chi connectivity index (χ4v) is 2.32. The van der Waals surface area contributed by atoms with Gasteiger partial charge in [-0.1, -0.05) is 38.1 Å². The Kier molecular flexibility index (Phi) is 9.43. The highest BCUT2D eigenvalue weighted by Crippen LogP contribution is 2.13. The van der Waals surface area contributed by atoms with E-state index in [9.17, 15) is 9.90 Å². The van der Waals surface area contributed by atoms with Crippen LogP contribution in [0.15, 0.2) is 29.3 Å². The molecule has 0 saturated carbocycles. The summed E-state index contributed by atoms with van der Waals surface area (Å²) in [5.74, 6) is 0.725. The molecule has 29 heavy (non-hydrogen) atoms. The van der Waals surface area contributed by atoms with Gasteiger partial charge in [-0.25, -0.2) is 9.79 Å². The lowest BCUT2D eigenvalue weighted by atomic mass is 9.95. The highest BCUT2D eigenvalue weighted by Gasteiger charge is 2.19. The molecule has 0 aliphatic rings. The lowest BCUT2D eigenvalue weighted by molar-refractivity contribution is 0.0285. The average molecular weight is 407 g/mol. The van der Waals surface area contributed by atoms with Crippen molar-refractivity contribution in [3.05, 3.63) is 35.4 Å². The van der Waals surface area contributed by atoms with E-state index in [1.807, 2.05) is 65.8 Å². The zero-order valence-electron chi connectivity index (χ0n) is 19.0. The Morgan fingerprint density at radius 1 is 1.10 bits per heavy atom. The first-order valence-electron chi connectivity index (χ1n) is 10.1. The highest BCUT2D eigenvalue weighted by molar-refractivity contribution is 5.79. The molecule has 7 heteroatoms. The van der Waals surface area contributed by atoms with E-state index in [-0.39, 0.29) is 18.1 Å². The number of amides is 1. The van der Waals surface area contributed by atoms with E-state index in [0.29, 0.717) is 19.6 Å². The Morgan fingerprint density at radius 3 is 2.21 bits per heavy atom. The Labute approximate surface area is 175 Å². The van der Waals surface area contributed by atoms with Gasteiger partial charge in [0.15, 0.2) is 5.96 Å². The number of ether oxygens (including phenoxy) is 1. The van der Waals surface area contributed by atoms with E-state index in [2.05, 4.69) is 15.6 Å². The SMILES string of the molecule is CCNC(=NCc1ccc(CN(C)C(=O)OC(C)(C)C)cc1)NCC(C)(C)CO. The van der Waals surface area contributed by atoms with Crippen LogP contribution < -0.4 is 10.6 Å². The number of hydrogen-bond donors (Lipinski definition) is 3. The lowest BCUT2D eigenvalue weighted by Gasteiger charge is -2.24. The van der Waals surface area contributed by atoms with Crippen LogP contribution in [0.4, 0.5) is 4.79 Å². The lowest BCUT2D eigenvalue weighted by Crippen LogP contribution is -2.43. The number of rotatable bonds is 8. The van der Waals surface area contributed by atoms with Gasteiger partial charge in [-0.3, -0.25) is 0 Å². The van der Waals surface area contributed by atoms with Gasteiger partial charge >= 0.3 is 6.09 Å². The maximum absolute atomic E-state index is 12.1. The van der Waals surface area contributed by atoms with Gasteiger partial charge in [0, 0.05) is 38.7 Å². The number of benzene rings is 1. The molecule has 3 N–H and O–H groups in total. The third-order valence-corrected chi connectivity index (χ3v) is 4.07. The predicted molar refractivity (Wildman–Crippen MR) is 118 cm³/mol. The van der Waals surface area contributed by atoms with Gasteiger partial charge in [-0.05, 0) is 38.8 Å². The summed E-state index contributed by atoms with van der Waals surface area (Å²) in [6.07, 6.45) is -0.335. The molecule has 0 heterocycles. The van der Waals surface area contributed by atoms with Crippen molar-refractivity contribution in [3.63, 3.8) is 0 Å². The van der Waals surface area contributed by atoms with Crippen LogP contribution in [-0.4, -0.2) is 54.4 Å². The number of nitrogens with zero attached hydrogens (tertiary/aromatic N) is 2. The van der Waals surface area contributed by atoms with Crippen LogP contribution in [0.25, 0.3) is 0 Å². The molecule has 1 aromatic rings. The Morgan fingerprint density at radius 2 is 1.69 bits per heavy atom. The molecule has 0 unspecified atom stereocenters. The van der Waals surface area contributed by atoms with Gasteiger partial charge in [0.05, 0.1) is 6.54 Å². The molecule has 1 amide bonds. The van der Waals surface area contributed by atoms with E-state index in [4.69, 9.17) is 4.74 Å². The summed E-state index contributed by atoms with van der Waals surface area (Å²) < 4.78 is 5.38. The number of guanidine groups is 1. The van der Waals surface area contributed by atoms with Crippen LogP contribution in [-0.2, 0) is 17.8 Å². The largest absolute Gasteiger partial charge is 0.444 e. The fourth-order valence-electron chi connectivity index (χ4n) is 2.32. The van der Waals surface area contributed by atoms with Crippen molar-refractivity contribution in [1.82, 2.24) is 15.5 Å². The van der Waals surface area contributed by atoms with Crippen LogP contribution in [0, 0.1) is 5.41 Å². The topological polar surface area (TPSA) is 86.2 Å². The van der Waals surface area contributed by atoms with Gasteiger partial charge in [-0.15, -0.1) is 0 Å². The fraction of sp³-hybridized carbons (Fsp3) is 0.636. The molecule has 1 rings (SSSR count). The molecule has 0 saturated heterocycles. The first-order chi connectivity index (χ1) is 13.5. The molecular formula is C22H38N4O3. The minimum atomic E-state index is -0.502. The normalized spacial score (nSPS) is 12.5. The predicted octanol–water partition coefficient (Wildman–Crippen LogP) is 3.13. The molecule has 0 aliphatic carbocycles. The first-order valence-corrected chi connectivity index (χ1v) is 10.1. The summed E-state index contributed by atoms with van der Waals surface area (Å²) in [4.78, 5) is 18.3. The van der Waals surface area contributed by atoms with Crippen LogP contribution in [0.1, 0.15) is 52.7 Å². The monoisotopic (exact) mass is 406 g/mol. The molecule has 1 aromatic carbocycles. The van der Waals surface area contributed by atoms with Crippen molar-refractivity contribution in [1.29, 1.82) is 0 Å². The van der Waals surface area contributed by atoms with Crippen molar-refractivity contribution in [2.75, 3.05) is 26.7 Å². The summed E-state index contributed by atoms with van der Waals surface area (Å²) >= 11 is 0. The summed E-state index contributed by atoms with van der Waals surface area (Å²) in [7, 11) is 1.73. The molecule has 7 nitrogen and oxygen atoms in total. The average Bonchev–Trinajstić information content (AvgIpc) is 2.63. The molecule has 0 spiro atoms. The number of hydrogen-bond acceptors (Lipinski definition) is 4. The number of carbonyl (C=O) groups is 1. The van der Waals surface area contributed by atoms with E-state index in [0.717, 1.165) is 23.6 Å². The van der Waals surface area contributed by atoms with Crippen molar-refractivity contribution in [2.24, 2.45) is 10.4 Å². The van der Waals surface area contributed by atoms with Crippen LogP contribution in [0.2, 0.25) is 0 Å². The van der Waals surface area contributed by atoms with Gasteiger partial charge in [0.1, 0.15) is 5.60 Å². The van der Waals surface area contributed by atoms with E-state index < -0.39 is 5.60 Å². The van der Waals surface area contributed by atoms with Gasteiger partial charge in [-0.2, -0.15) is 0 Å². The summed E-state index contributed by atoms with van der Waals surface area (Å²) in [6.45, 7) is 14.1. The van der Waals surface area contributed by atoms with Crippen LogP contribution in [0.3, 0.4) is 0 Å². The Balaban J connectivity index is 2.65. The quantitative estimate of drug-likeness (QED) is 0.456. The van der Waals surface area contributed by atoms with Gasteiger partial charge in [0.2, 0.25) is 0 Å². The molecule has 0 atom stereocenters. The first kappa shape index (κ1) is 24.8. The summed E-state index contributed by atoms with van der Waals surface area (Å²) in [5.41, 5.74) is 1.39. The third-order valence-electron chi connectivity index (χ3n) is 4.07. The van der Waals surface area contributed by atoms with E-state index in [1.54, 1.807) is 11.9 Å². The molecule has 0 radical (unpaired) electrons. The molecule has 0 fully saturated rings. The minimum absolute atomic E-state index is 0.110. The number of aliphatic hydroxyl groups excluding tert-OH is 1. The Bertz CT molecular complexity index is 664. The number of aliphatic imine (C=N–C) groups is 1. The van der Waals surface area contributed by atoms with Crippen molar-refractivity contribution in [3.8, 4) is 0 Å². The van der Waals surface area contributed by atoms with Crippen molar-refractivity contribution < 1.29 is 14.6 Å². The number of nitrogens with one attached hydrogen (secondary N) is 2. The van der Waals surface area contributed by atoms with Crippen LogP contribution in [0.5, 0.6) is 0 Å². The van der Waals surface area contributed by atoms with Crippen molar-refractivity contribution >= 4 is 12.1 Å². The number of aliphatic hydroxyl groups is 1. The van der Waals surface area contributed by atoms with Gasteiger partial charge < -0.3 is 25.4 Å². The zero-order chi connectivity index (χ0) is 22.1. The van der Waals surface area contributed by atoms with Crippen molar-refractivity contribution in [2.45, 2.75) is 60.2 Å². The second-order valence-corrected chi connectivity index (χ2v) is 9.02. The molecular weight excluding hydrogens is 368 g/mol. The third kappa shape index (κ3) is 10.2. The molecule has 0 bridgehead atoms. The zero-order valence-corrected chi connectivity index (χ0v) is 19.0. The minimum Gasteiger partial charge on any atom is -0.444 e. The molecule has 0 aromatic heterocycles. The second-order valence-electron chi connectivity index (χ2n) is 9.02. The second kappa shape index (κ2) is 11.0. The van der Waals surface area contributed by atoms with Gasteiger partial charge in [0.25, 0.3) is 0 Å². The number of carbonyl (C=O) groups excluding carboxylic acids is 1. The summed E-state index contributed by atoms with van der Waals surface area (Å²) in [5, 5.41) is 15.9. The highest BCUT2D eigenvalue weighted by atomic mass is 16.6. The maximum Gasteiger partial charge on any atom is 0.410 e. The smallest absolute Gasteiger partial charge is 0.410 e.